The van der Waals surface area contributed by atoms with Gasteiger partial charge in [0, 0.05) is 13.1 Å². The molecule has 1 fully saturated rings. The second-order valence-corrected chi connectivity index (χ2v) is 6.53. The van der Waals surface area contributed by atoms with E-state index < -0.39 is 11.7 Å². The van der Waals surface area contributed by atoms with E-state index in [0.29, 0.717) is 38.4 Å². The van der Waals surface area contributed by atoms with Gasteiger partial charge in [-0.25, -0.2) is 14.4 Å². The highest BCUT2D eigenvalue weighted by Crippen LogP contribution is 2.29. The smallest absolute Gasteiger partial charge is 0.309 e. The molecule has 0 radical (unpaired) electrons. The molecule has 0 bridgehead atoms. The van der Waals surface area contributed by atoms with Crippen molar-refractivity contribution in [3.63, 3.8) is 0 Å². The second kappa shape index (κ2) is 9.18. The van der Waals surface area contributed by atoms with E-state index in [4.69, 9.17) is 10.5 Å². The van der Waals surface area contributed by atoms with E-state index in [2.05, 4.69) is 20.8 Å². The fraction of sp³-hybridized carbons (Fsp3) is 0.368. The maximum atomic E-state index is 13.7. The number of nitrogen functional groups attached to an aromatic ring is 1. The van der Waals surface area contributed by atoms with E-state index in [-0.39, 0.29) is 29.0 Å². The molecule has 2 heterocycles. The Labute approximate surface area is 167 Å². The van der Waals surface area contributed by atoms with Crippen molar-refractivity contribution in [3.05, 3.63) is 42.0 Å². The van der Waals surface area contributed by atoms with Crippen molar-refractivity contribution in [2.24, 2.45) is 5.92 Å². The lowest BCUT2D eigenvalue weighted by molar-refractivity contribution is -0.148. The van der Waals surface area contributed by atoms with Crippen molar-refractivity contribution in [1.29, 1.82) is 0 Å². The Morgan fingerprint density at radius 2 is 2.00 bits per heavy atom. The molecule has 0 aliphatic carbocycles. The monoisotopic (exact) mass is 402 g/mol. The molecule has 29 heavy (non-hydrogen) atoms. The fourth-order valence-corrected chi connectivity index (χ4v) is 3.15. The lowest BCUT2D eigenvalue weighted by Crippen LogP contribution is -2.38. The first kappa shape index (κ1) is 20.3. The summed E-state index contributed by atoms with van der Waals surface area (Å²) in [5.74, 6) is -0.893. The predicted octanol–water partition coefficient (Wildman–Crippen LogP) is 1.73. The molecule has 0 unspecified atom stereocenters. The molecule has 1 aromatic heterocycles. The van der Waals surface area contributed by atoms with Crippen LogP contribution in [0.1, 0.15) is 30.1 Å². The summed E-state index contributed by atoms with van der Waals surface area (Å²) in [7, 11) is 0. The van der Waals surface area contributed by atoms with Crippen LogP contribution in [-0.2, 0) is 9.53 Å². The Kier molecular flexibility index (Phi) is 6.43. The summed E-state index contributed by atoms with van der Waals surface area (Å²) < 4.78 is 18.8. The summed E-state index contributed by atoms with van der Waals surface area (Å²) in [4.78, 5) is 34.2. The highest BCUT2D eigenvalue weighted by molar-refractivity contribution is 5.95. The molecular formula is C19H23FN6O3. The Bertz CT molecular complexity index is 886. The van der Waals surface area contributed by atoms with Crippen LogP contribution in [0, 0.1) is 11.7 Å². The normalized spacial score (nSPS) is 14.3. The SMILES string of the molecule is CCOC(=O)C1CCN(c2ncnc(NNC(=O)c3ccccc3F)c2N)CC1. The Balaban J connectivity index is 1.64. The number of amides is 1. The number of hydrogen-bond donors (Lipinski definition) is 3. The number of nitrogens with two attached hydrogens (primary N) is 1. The number of anilines is 3. The van der Waals surface area contributed by atoms with Crippen molar-refractivity contribution in [2.45, 2.75) is 19.8 Å². The van der Waals surface area contributed by atoms with Crippen LogP contribution in [0.4, 0.5) is 21.7 Å². The van der Waals surface area contributed by atoms with Crippen LogP contribution in [0.2, 0.25) is 0 Å². The molecule has 1 saturated heterocycles. The molecule has 0 saturated carbocycles. The van der Waals surface area contributed by atoms with Gasteiger partial charge in [-0.15, -0.1) is 0 Å². The van der Waals surface area contributed by atoms with Crippen molar-refractivity contribution in [1.82, 2.24) is 15.4 Å². The summed E-state index contributed by atoms with van der Waals surface area (Å²) in [5, 5.41) is 0. The number of ether oxygens (including phenoxy) is 1. The first-order chi connectivity index (χ1) is 14.0. The van der Waals surface area contributed by atoms with Gasteiger partial charge in [0.1, 0.15) is 17.8 Å². The zero-order valence-electron chi connectivity index (χ0n) is 16.0. The summed E-state index contributed by atoms with van der Waals surface area (Å²) in [5.41, 5.74) is 11.3. The van der Waals surface area contributed by atoms with E-state index in [0.717, 1.165) is 0 Å². The van der Waals surface area contributed by atoms with Crippen LogP contribution >= 0.6 is 0 Å². The maximum Gasteiger partial charge on any atom is 0.309 e. The number of rotatable bonds is 6. The van der Waals surface area contributed by atoms with Gasteiger partial charge in [0.25, 0.3) is 5.91 Å². The zero-order valence-corrected chi connectivity index (χ0v) is 16.0. The summed E-state index contributed by atoms with van der Waals surface area (Å²) in [6.07, 6.45) is 2.59. The minimum absolute atomic E-state index is 0.103. The second-order valence-electron chi connectivity index (χ2n) is 6.53. The van der Waals surface area contributed by atoms with Gasteiger partial charge < -0.3 is 15.4 Å². The van der Waals surface area contributed by atoms with Crippen LogP contribution in [0.5, 0.6) is 0 Å². The lowest BCUT2D eigenvalue weighted by atomic mass is 9.97. The number of piperidine rings is 1. The van der Waals surface area contributed by atoms with Crippen LogP contribution in [-0.4, -0.2) is 41.5 Å². The van der Waals surface area contributed by atoms with Gasteiger partial charge in [0.2, 0.25) is 0 Å². The molecule has 0 spiro atoms. The molecule has 1 aromatic carbocycles. The predicted molar refractivity (Wildman–Crippen MR) is 106 cm³/mol. The van der Waals surface area contributed by atoms with Gasteiger partial charge in [-0.3, -0.25) is 20.4 Å². The highest BCUT2D eigenvalue weighted by atomic mass is 19.1. The van der Waals surface area contributed by atoms with E-state index in [1.807, 2.05) is 4.90 Å². The average Bonchev–Trinajstić information content (AvgIpc) is 2.73. The molecule has 0 atom stereocenters. The lowest BCUT2D eigenvalue weighted by Gasteiger charge is -2.32. The van der Waals surface area contributed by atoms with E-state index in [1.165, 1.54) is 24.5 Å². The minimum atomic E-state index is -0.655. The number of halogens is 1. The number of hydrogen-bond acceptors (Lipinski definition) is 8. The summed E-state index contributed by atoms with van der Waals surface area (Å²) in [6, 6.07) is 5.63. The largest absolute Gasteiger partial charge is 0.466 e. The van der Waals surface area contributed by atoms with Crippen molar-refractivity contribution >= 4 is 29.2 Å². The third-order valence-electron chi connectivity index (χ3n) is 4.69. The number of hydrazine groups is 1. The first-order valence-electron chi connectivity index (χ1n) is 9.34. The third-order valence-corrected chi connectivity index (χ3v) is 4.69. The summed E-state index contributed by atoms with van der Waals surface area (Å²) in [6.45, 7) is 3.33. The third kappa shape index (κ3) is 4.71. The highest BCUT2D eigenvalue weighted by Gasteiger charge is 2.28. The van der Waals surface area contributed by atoms with Crippen molar-refractivity contribution in [3.8, 4) is 0 Å². The molecule has 4 N–H and O–H groups in total. The molecule has 9 nitrogen and oxygen atoms in total. The maximum absolute atomic E-state index is 13.7. The molecule has 1 aliphatic rings. The Morgan fingerprint density at radius 1 is 1.28 bits per heavy atom. The molecule has 3 rings (SSSR count). The number of nitrogens with zero attached hydrogens (tertiary/aromatic N) is 3. The van der Waals surface area contributed by atoms with Gasteiger partial charge in [-0.1, -0.05) is 12.1 Å². The van der Waals surface area contributed by atoms with E-state index in [1.54, 1.807) is 13.0 Å². The minimum Gasteiger partial charge on any atom is -0.466 e. The number of nitrogens with one attached hydrogen (secondary N) is 2. The zero-order chi connectivity index (χ0) is 20.8. The number of esters is 1. The number of aromatic nitrogens is 2. The van der Waals surface area contributed by atoms with Crippen LogP contribution < -0.4 is 21.5 Å². The van der Waals surface area contributed by atoms with Gasteiger partial charge in [0.05, 0.1) is 18.1 Å². The Hall–Kier alpha value is -3.43. The van der Waals surface area contributed by atoms with Crippen molar-refractivity contribution in [2.75, 3.05) is 35.8 Å². The van der Waals surface area contributed by atoms with Gasteiger partial charge in [0.15, 0.2) is 11.6 Å². The quantitative estimate of drug-likeness (QED) is 0.493. The Morgan fingerprint density at radius 3 is 2.69 bits per heavy atom. The van der Waals surface area contributed by atoms with Crippen LogP contribution in [0.3, 0.4) is 0 Å². The average molecular weight is 402 g/mol. The molecule has 1 aliphatic heterocycles. The van der Waals surface area contributed by atoms with Crippen LogP contribution in [0.15, 0.2) is 30.6 Å². The number of carbonyl (C=O) groups is 2. The summed E-state index contributed by atoms with van der Waals surface area (Å²) >= 11 is 0. The number of benzene rings is 1. The van der Waals surface area contributed by atoms with Gasteiger partial charge in [-0.05, 0) is 31.9 Å². The number of carbonyl (C=O) groups excluding carboxylic acids is 2. The van der Waals surface area contributed by atoms with E-state index >= 15 is 0 Å². The van der Waals surface area contributed by atoms with E-state index in [9.17, 15) is 14.0 Å². The molecule has 154 valence electrons. The molecule has 10 heteroatoms. The molecule has 1 amide bonds. The standard InChI is InChI=1S/C19H23FN6O3/c1-2-29-19(28)12-7-9-26(10-8-12)17-15(21)16(22-11-23-17)24-25-18(27)13-5-3-4-6-14(13)20/h3-6,11-12H,2,7-10,21H2,1H3,(H,25,27)(H,22,23,24). The molecule has 2 aromatic rings. The van der Waals surface area contributed by atoms with Gasteiger partial charge in [-0.2, -0.15) is 0 Å². The van der Waals surface area contributed by atoms with Gasteiger partial charge >= 0.3 is 5.97 Å². The van der Waals surface area contributed by atoms with Crippen LogP contribution in [0.25, 0.3) is 0 Å². The molecular weight excluding hydrogens is 379 g/mol. The fourth-order valence-electron chi connectivity index (χ4n) is 3.15. The topological polar surface area (TPSA) is 122 Å². The van der Waals surface area contributed by atoms with Crippen molar-refractivity contribution < 1.29 is 18.7 Å². The first-order valence-corrected chi connectivity index (χ1v) is 9.34.